The molecule has 0 atom stereocenters. The summed E-state index contributed by atoms with van der Waals surface area (Å²) < 4.78 is 5.08. The van der Waals surface area contributed by atoms with E-state index in [1.165, 1.54) is 77.0 Å². The van der Waals surface area contributed by atoms with Crippen LogP contribution in [0.25, 0.3) is 0 Å². The molecule has 0 aromatic rings. The molecule has 0 aliphatic heterocycles. The average Bonchev–Trinajstić information content (AvgIpc) is 2.55. The Bertz CT molecular complexity index is 286. The summed E-state index contributed by atoms with van der Waals surface area (Å²) in [6.45, 7) is 2.95. The van der Waals surface area contributed by atoms with Gasteiger partial charge in [0, 0.05) is 0 Å². The van der Waals surface area contributed by atoms with E-state index in [1.807, 2.05) is 0 Å². The second-order valence-corrected chi connectivity index (χ2v) is 7.83. The van der Waals surface area contributed by atoms with E-state index in [0.29, 0.717) is 6.47 Å². The lowest BCUT2D eigenvalue weighted by atomic mass is 9.78. The zero-order chi connectivity index (χ0) is 15.6. The van der Waals surface area contributed by atoms with Crippen molar-refractivity contribution in [1.29, 1.82) is 0 Å². The van der Waals surface area contributed by atoms with Crippen LogP contribution in [0.15, 0.2) is 0 Å². The molecule has 0 N–H and O–H groups in total. The van der Waals surface area contributed by atoms with Crippen molar-refractivity contribution in [3.05, 3.63) is 0 Å². The van der Waals surface area contributed by atoms with E-state index in [9.17, 15) is 4.79 Å². The first-order valence-electron chi connectivity index (χ1n) is 9.90. The molecule has 0 spiro atoms. The van der Waals surface area contributed by atoms with Crippen LogP contribution in [0.3, 0.4) is 0 Å². The van der Waals surface area contributed by atoms with Gasteiger partial charge in [0.25, 0.3) is 6.47 Å². The van der Waals surface area contributed by atoms with E-state index in [1.54, 1.807) is 0 Å². The minimum atomic E-state index is 0.215. The molecule has 2 aliphatic rings. The average molecular weight is 309 g/mol. The summed E-state index contributed by atoms with van der Waals surface area (Å²) in [6, 6.07) is 0. The minimum absolute atomic E-state index is 0.215. The van der Waals surface area contributed by atoms with E-state index in [0.717, 1.165) is 30.6 Å². The number of unbranched alkanes of at least 4 members (excludes halogenated alkanes) is 1. The predicted molar refractivity (Wildman–Crippen MR) is 91.7 cm³/mol. The van der Waals surface area contributed by atoms with Crippen molar-refractivity contribution in [1.82, 2.24) is 0 Å². The fourth-order valence-corrected chi connectivity index (χ4v) is 4.72. The maximum absolute atomic E-state index is 10.4. The third-order valence-electron chi connectivity index (χ3n) is 6.18. The zero-order valence-electron chi connectivity index (χ0n) is 14.6. The summed E-state index contributed by atoms with van der Waals surface area (Å²) in [6.07, 6.45) is 19.5. The molecule has 2 heteroatoms. The SMILES string of the molecule is CCCC1CCC(CCCCC2CCC(OC=O)CC2)CC1. The van der Waals surface area contributed by atoms with Crippen molar-refractivity contribution in [3.63, 3.8) is 0 Å². The first-order chi connectivity index (χ1) is 10.8. The summed E-state index contributed by atoms with van der Waals surface area (Å²) in [5.41, 5.74) is 0. The van der Waals surface area contributed by atoms with Crippen LogP contribution in [-0.2, 0) is 9.53 Å². The Morgan fingerprint density at radius 3 is 1.68 bits per heavy atom. The maximum Gasteiger partial charge on any atom is 0.293 e. The normalized spacial score (nSPS) is 32.6. The molecule has 2 fully saturated rings. The predicted octanol–water partition coefficient (Wildman–Crippen LogP) is 5.89. The first-order valence-corrected chi connectivity index (χ1v) is 9.90. The summed E-state index contributed by atoms with van der Waals surface area (Å²) in [5, 5.41) is 0. The third kappa shape index (κ3) is 6.30. The Labute approximate surface area is 137 Å². The van der Waals surface area contributed by atoms with Gasteiger partial charge in [-0.05, 0) is 43.4 Å². The van der Waals surface area contributed by atoms with Crippen LogP contribution in [0.1, 0.15) is 96.8 Å². The number of carbonyl (C=O) groups is 1. The molecule has 2 saturated carbocycles. The van der Waals surface area contributed by atoms with Crippen LogP contribution in [0.4, 0.5) is 0 Å². The maximum atomic E-state index is 10.4. The van der Waals surface area contributed by atoms with Crippen LogP contribution in [0.5, 0.6) is 0 Å². The van der Waals surface area contributed by atoms with Crippen molar-refractivity contribution in [2.75, 3.05) is 0 Å². The van der Waals surface area contributed by atoms with Crippen LogP contribution in [-0.4, -0.2) is 12.6 Å². The Morgan fingerprint density at radius 2 is 1.23 bits per heavy atom. The first kappa shape index (κ1) is 17.8. The van der Waals surface area contributed by atoms with E-state index in [2.05, 4.69) is 6.92 Å². The highest BCUT2D eigenvalue weighted by Crippen LogP contribution is 2.35. The molecule has 22 heavy (non-hydrogen) atoms. The van der Waals surface area contributed by atoms with Crippen molar-refractivity contribution < 1.29 is 9.53 Å². The van der Waals surface area contributed by atoms with Crippen molar-refractivity contribution in [2.45, 2.75) is 103 Å². The summed E-state index contributed by atoms with van der Waals surface area (Å²) in [5.74, 6) is 2.97. The lowest BCUT2D eigenvalue weighted by Gasteiger charge is -2.29. The van der Waals surface area contributed by atoms with Crippen LogP contribution in [0.2, 0.25) is 0 Å². The molecular weight excluding hydrogens is 272 g/mol. The van der Waals surface area contributed by atoms with Crippen molar-refractivity contribution in [2.24, 2.45) is 17.8 Å². The fraction of sp³-hybridized carbons (Fsp3) is 0.950. The second kappa shape index (κ2) is 10.3. The largest absolute Gasteiger partial charge is 0.465 e. The summed E-state index contributed by atoms with van der Waals surface area (Å²) in [4.78, 5) is 10.4. The monoisotopic (exact) mass is 308 g/mol. The number of hydrogen-bond acceptors (Lipinski definition) is 2. The zero-order valence-corrected chi connectivity index (χ0v) is 14.6. The van der Waals surface area contributed by atoms with Crippen LogP contribution < -0.4 is 0 Å². The van der Waals surface area contributed by atoms with Crippen LogP contribution >= 0.6 is 0 Å². The highest BCUT2D eigenvalue weighted by atomic mass is 16.5. The second-order valence-electron chi connectivity index (χ2n) is 7.83. The van der Waals surface area contributed by atoms with Crippen molar-refractivity contribution >= 4 is 6.47 Å². The summed E-state index contributed by atoms with van der Waals surface area (Å²) in [7, 11) is 0. The van der Waals surface area contributed by atoms with Gasteiger partial charge >= 0.3 is 0 Å². The molecule has 0 unspecified atom stereocenters. The third-order valence-corrected chi connectivity index (χ3v) is 6.18. The molecule has 0 bridgehead atoms. The van der Waals surface area contributed by atoms with E-state index >= 15 is 0 Å². The summed E-state index contributed by atoms with van der Waals surface area (Å²) >= 11 is 0. The molecule has 2 rings (SSSR count). The molecule has 0 aromatic heterocycles. The van der Waals surface area contributed by atoms with Gasteiger partial charge in [-0.1, -0.05) is 71.1 Å². The van der Waals surface area contributed by atoms with Gasteiger partial charge < -0.3 is 4.74 Å². The molecule has 0 saturated heterocycles. The van der Waals surface area contributed by atoms with Gasteiger partial charge in [0.2, 0.25) is 0 Å². The fourth-order valence-electron chi connectivity index (χ4n) is 4.72. The Morgan fingerprint density at radius 1 is 0.773 bits per heavy atom. The van der Waals surface area contributed by atoms with Gasteiger partial charge in [0.1, 0.15) is 6.10 Å². The lowest BCUT2D eigenvalue weighted by Crippen LogP contribution is -2.21. The highest BCUT2D eigenvalue weighted by Gasteiger charge is 2.22. The van der Waals surface area contributed by atoms with Crippen molar-refractivity contribution in [3.8, 4) is 0 Å². The number of rotatable bonds is 9. The number of ether oxygens (including phenoxy) is 1. The van der Waals surface area contributed by atoms with Gasteiger partial charge in [-0.25, -0.2) is 0 Å². The number of hydrogen-bond donors (Lipinski definition) is 0. The molecule has 2 aliphatic carbocycles. The number of carbonyl (C=O) groups excluding carboxylic acids is 1. The van der Waals surface area contributed by atoms with Gasteiger partial charge in [0.05, 0.1) is 0 Å². The molecule has 0 aromatic carbocycles. The molecule has 128 valence electrons. The standard InChI is InChI=1S/C20H36O2/c1-2-5-17-8-10-18(11-9-17)6-3-4-7-19-12-14-20(15-13-19)22-16-21/h16-20H,2-15H2,1H3. The molecule has 0 amide bonds. The quantitative estimate of drug-likeness (QED) is 0.392. The van der Waals surface area contributed by atoms with Gasteiger partial charge in [-0.3, -0.25) is 4.79 Å². The van der Waals surface area contributed by atoms with Gasteiger partial charge in [0.15, 0.2) is 0 Å². The van der Waals surface area contributed by atoms with E-state index < -0.39 is 0 Å². The van der Waals surface area contributed by atoms with Gasteiger partial charge in [-0.2, -0.15) is 0 Å². The Hall–Kier alpha value is -0.530. The molecule has 2 nitrogen and oxygen atoms in total. The lowest BCUT2D eigenvalue weighted by molar-refractivity contribution is -0.135. The van der Waals surface area contributed by atoms with E-state index in [-0.39, 0.29) is 6.10 Å². The minimum Gasteiger partial charge on any atom is -0.465 e. The Kier molecular flexibility index (Phi) is 8.33. The Balaban J connectivity index is 1.47. The molecular formula is C20H36O2. The smallest absolute Gasteiger partial charge is 0.293 e. The van der Waals surface area contributed by atoms with Gasteiger partial charge in [-0.15, -0.1) is 0 Å². The molecule has 0 radical (unpaired) electrons. The topological polar surface area (TPSA) is 26.3 Å². The highest BCUT2D eigenvalue weighted by molar-refractivity contribution is 5.37. The van der Waals surface area contributed by atoms with Crippen LogP contribution in [0, 0.1) is 17.8 Å². The van der Waals surface area contributed by atoms with E-state index in [4.69, 9.17) is 4.74 Å². The molecule has 0 heterocycles.